The van der Waals surface area contributed by atoms with Crippen LogP contribution in [0, 0.1) is 5.82 Å². The number of nitrogens with two attached hydrogens (primary N) is 1. The summed E-state index contributed by atoms with van der Waals surface area (Å²) in [6.45, 7) is 0. The summed E-state index contributed by atoms with van der Waals surface area (Å²) in [7, 11) is 0. The number of nitrogens with one attached hydrogen (secondary N) is 1. The number of thioether (sulfide) groups is 1. The minimum atomic E-state index is -1.12. The number of carboxylic acids is 1. The largest absolute Gasteiger partial charge is 0.480 e. The summed E-state index contributed by atoms with van der Waals surface area (Å²) in [5.41, 5.74) is 5.36. The third kappa shape index (κ3) is 5.58. The lowest BCUT2D eigenvalue weighted by Gasteiger charge is -2.08. The summed E-state index contributed by atoms with van der Waals surface area (Å²) >= 11 is 4.18. The number of hydrogen-bond donors (Lipinski definition) is 3. The molecule has 4 N–H and O–H groups in total. The zero-order valence-corrected chi connectivity index (χ0v) is 12.1. The second-order valence-corrected chi connectivity index (χ2v) is 5.58. The Kier molecular flexibility index (Phi) is 6.26. The average molecular weight is 351 g/mol. The molecular formula is C11H12BrFN2O3S. The Morgan fingerprint density at radius 3 is 2.79 bits per heavy atom. The van der Waals surface area contributed by atoms with Crippen molar-refractivity contribution in [1.82, 2.24) is 0 Å². The molecule has 0 bridgehead atoms. The summed E-state index contributed by atoms with van der Waals surface area (Å²) in [4.78, 5) is 22.0. The fourth-order valence-electron chi connectivity index (χ4n) is 1.13. The van der Waals surface area contributed by atoms with Gasteiger partial charge in [-0.15, -0.1) is 11.8 Å². The molecule has 104 valence electrons. The number of carboxylic acid groups (broad SMARTS) is 1. The quantitative estimate of drug-likeness (QED) is 0.725. The summed E-state index contributed by atoms with van der Waals surface area (Å²) in [6, 6.07) is 3.27. The first kappa shape index (κ1) is 15.9. The van der Waals surface area contributed by atoms with Crippen LogP contribution in [0.5, 0.6) is 0 Å². The van der Waals surface area contributed by atoms with E-state index in [4.69, 9.17) is 10.8 Å². The number of carbonyl (C=O) groups excluding carboxylic acids is 1. The molecule has 1 aromatic rings. The molecule has 1 atom stereocenters. The number of carbonyl (C=O) groups is 2. The van der Waals surface area contributed by atoms with Crippen molar-refractivity contribution in [2.45, 2.75) is 6.04 Å². The Hall–Kier alpha value is -1.12. The summed E-state index contributed by atoms with van der Waals surface area (Å²) in [6.07, 6.45) is 0. The highest BCUT2D eigenvalue weighted by molar-refractivity contribution is 9.10. The molecule has 1 rings (SSSR count). The maximum absolute atomic E-state index is 13.4. The lowest BCUT2D eigenvalue weighted by molar-refractivity contribution is -0.137. The highest BCUT2D eigenvalue weighted by Crippen LogP contribution is 2.19. The Balaban J connectivity index is 2.41. The summed E-state index contributed by atoms with van der Waals surface area (Å²) in [5.74, 6) is -1.95. The molecule has 1 aromatic carbocycles. The van der Waals surface area contributed by atoms with Crippen molar-refractivity contribution < 1.29 is 19.1 Å². The number of amides is 1. The van der Waals surface area contributed by atoms with Crippen LogP contribution in [0.25, 0.3) is 0 Å². The highest BCUT2D eigenvalue weighted by Gasteiger charge is 2.13. The lowest BCUT2D eigenvalue weighted by Crippen LogP contribution is -2.33. The van der Waals surface area contributed by atoms with Crippen LogP contribution in [-0.2, 0) is 9.59 Å². The molecule has 0 heterocycles. The molecule has 19 heavy (non-hydrogen) atoms. The molecule has 0 aliphatic rings. The van der Waals surface area contributed by atoms with Crippen LogP contribution in [0.2, 0.25) is 0 Å². The molecule has 0 fully saturated rings. The van der Waals surface area contributed by atoms with E-state index in [1.54, 1.807) is 6.07 Å². The second-order valence-electron chi connectivity index (χ2n) is 3.63. The van der Waals surface area contributed by atoms with Gasteiger partial charge < -0.3 is 16.2 Å². The van der Waals surface area contributed by atoms with Gasteiger partial charge in [0.25, 0.3) is 0 Å². The SMILES string of the molecule is N[C@H](CSCC(=O)Nc1ccc(Br)cc1F)C(=O)O. The average Bonchev–Trinajstić information content (AvgIpc) is 2.32. The molecule has 0 aliphatic heterocycles. The van der Waals surface area contributed by atoms with Gasteiger partial charge in [0.05, 0.1) is 11.4 Å². The second kappa shape index (κ2) is 7.46. The van der Waals surface area contributed by atoms with Gasteiger partial charge in [0.15, 0.2) is 0 Å². The van der Waals surface area contributed by atoms with Crippen molar-refractivity contribution in [3.05, 3.63) is 28.5 Å². The maximum atomic E-state index is 13.4. The molecule has 0 radical (unpaired) electrons. The molecule has 0 saturated heterocycles. The Bertz CT molecular complexity index is 487. The predicted molar refractivity (Wildman–Crippen MR) is 75.7 cm³/mol. The number of aliphatic carboxylic acids is 1. The summed E-state index contributed by atoms with van der Waals surface area (Å²) in [5, 5.41) is 10.9. The normalized spacial score (nSPS) is 11.9. The first-order valence-corrected chi connectivity index (χ1v) is 7.16. The van der Waals surface area contributed by atoms with E-state index in [2.05, 4.69) is 21.2 Å². The van der Waals surface area contributed by atoms with E-state index in [0.717, 1.165) is 11.8 Å². The van der Waals surface area contributed by atoms with Gasteiger partial charge in [-0.2, -0.15) is 0 Å². The van der Waals surface area contributed by atoms with E-state index in [1.165, 1.54) is 12.1 Å². The number of halogens is 2. The van der Waals surface area contributed by atoms with Gasteiger partial charge >= 0.3 is 5.97 Å². The Morgan fingerprint density at radius 2 is 2.21 bits per heavy atom. The molecular weight excluding hydrogens is 339 g/mol. The lowest BCUT2D eigenvalue weighted by atomic mass is 10.3. The molecule has 0 unspecified atom stereocenters. The van der Waals surface area contributed by atoms with E-state index in [0.29, 0.717) is 4.47 Å². The van der Waals surface area contributed by atoms with Crippen LogP contribution < -0.4 is 11.1 Å². The maximum Gasteiger partial charge on any atom is 0.321 e. The third-order valence-electron chi connectivity index (χ3n) is 2.05. The van der Waals surface area contributed by atoms with Gasteiger partial charge in [-0.1, -0.05) is 15.9 Å². The van der Waals surface area contributed by atoms with Gasteiger partial charge in [-0.3, -0.25) is 9.59 Å². The van der Waals surface area contributed by atoms with Crippen LogP contribution in [0.15, 0.2) is 22.7 Å². The standard InChI is InChI=1S/C11H12BrFN2O3S/c12-6-1-2-9(7(13)3-6)15-10(16)5-19-4-8(14)11(17)18/h1-3,8H,4-5,14H2,(H,15,16)(H,17,18)/t8-/m1/s1. The number of hydrogen-bond acceptors (Lipinski definition) is 4. The van der Waals surface area contributed by atoms with E-state index in [-0.39, 0.29) is 17.2 Å². The molecule has 0 spiro atoms. The zero-order chi connectivity index (χ0) is 14.4. The smallest absolute Gasteiger partial charge is 0.321 e. The molecule has 0 aliphatic carbocycles. The third-order valence-corrected chi connectivity index (χ3v) is 3.61. The molecule has 5 nitrogen and oxygen atoms in total. The highest BCUT2D eigenvalue weighted by atomic mass is 79.9. The van der Waals surface area contributed by atoms with Gasteiger partial charge in [-0.05, 0) is 18.2 Å². The topological polar surface area (TPSA) is 92.4 Å². The first-order valence-electron chi connectivity index (χ1n) is 5.21. The van der Waals surface area contributed by atoms with E-state index < -0.39 is 23.7 Å². The predicted octanol–water partition coefficient (Wildman–Crippen LogP) is 1.67. The van der Waals surface area contributed by atoms with Crippen molar-refractivity contribution in [2.75, 3.05) is 16.8 Å². The monoisotopic (exact) mass is 350 g/mol. The van der Waals surface area contributed by atoms with Gasteiger partial charge in [0.1, 0.15) is 11.9 Å². The fourth-order valence-corrected chi connectivity index (χ4v) is 2.23. The van der Waals surface area contributed by atoms with Crippen molar-refractivity contribution in [1.29, 1.82) is 0 Å². The van der Waals surface area contributed by atoms with Crippen LogP contribution >= 0.6 is 27.7 Å². The van der Waals surface area contributed by atoms with Crippen molar-refractivity contribution in [3.63, 3.8) is 0 Å². The molecule has 1 amide bonds. The number of anilines is 1. The van der Waals surface area contributed by atoms with Gasteiger partial charge in [0.2, 0.25) is 5.91 Å². The Labute approximate surface area is 121 Å². The van der Waals surface area contributed by atoms with Crippen molar-refractivity contribution in [2.24, 2.45) is 5.73 Å². The first-order chi connectivity index (χ1) is 8.90. The van der Waals surface area contributed by atoms with Gasteiger partial charge in [-0.25, -0.2) is 4.39 Å². The van der Waals surface area contributed by atoms with Crippen LogP contribution in [0.1, 0.15) is 0 Å². The van der Waals surface area contributed by atoms with Crippen LogP contribution in [0.3, 0.4) is 0 Å². The van der Waals surface area contributed by atoms with Gasteiger partial charge in [0, 0.05) is 10.2 Å². The molecule has 0 saturated carbocycles. The van der Waals surface area contributed by atoms with Crippen LogP contribution in [-0.4, -0.2) is 34.5 Å². The minimum absolute atomic E-state index is 0.0104. The van der Waals surface area contributed by atoms with Crippen LogP contribution in [0.4, 0.5) is 10.1 Å². The van der Waals surface area contributed by atoms with Crippen molar-refractivity contribution >= 4 is 45.3 Å². The van der Waals surface area contributed by atoms with Crippen molar-refractivity contribution in [3.8, 4) is 0 Å². The number of rotatable bonds is 6. The number of benzene rings is 1. The zero-order valence-electron chi connectivity index (χ0n) is 9.73. The Morgan fingerprint density at radius 1 is 1.53 bits per heavy atom. The minimum Gasteiger partial charge on any atom is -0.480 e. The summed E-state index contributed by atoms with van der Waals surface area (Å²) < 4.78 is 14.0. The van der Waals surface area contributed by atoms with E-state index in [9.17, 15) is 14.0 Å². The fraction of sp³-hybridized carbons (Fsp3) is 0.273. The van der Waals surface area contributed by atoms with E-state index in [1.807, 2.05) is 0 Å². The molecule has 8 heteroatoms. The molecule has 0 aromatic heterocycles. The van der Waals surface area contributed by atoms with E-state index >= 15 is 0 Å².